The van der Waals surface area contributed by atoms with Crippen LogP contribution in [0.25, 0.3) is 11.4 Å². The van der Waals surface area contributed by atoms with E-state index in [9.17, 15) is 4.79 Å². The molecule has 0 radical (unpaired) electrons. The first-order valence-electron chi connectivity index (χ1n) is 7.37. The molecule has 1 aromatic heterocycles. The highest BCUT2D eigenvalue weighted by atomic mass is 79.9. The maximum Gasteiger partial charge on any atom is 0.204 e. The number of carbonyl (C=O) groups is 1. The van der Waals surface area contributed by atoms with E-state index in [-0.39, 0.29) is 17.3 Å². The number of imidazole rings is 1. The number of hydrogen-bond donors (Lipinski definition) is 0. The van der Waals surface area contributed by atoms with E-state index in [1.165, 1.54) is 0 Å². The summed E-state index contributed by atoms with van der Waals surface area (Å²) >= 11 is 6.76. The van der Waals surface area contributed by atoms with Gasteiger partial charge in [0.1, 0.15) is 16.2 Å². The molecule has 0 fully saturated rings. The summed E-state index contributed by atoms with van der Waals surface area (Å²) in [6.07, 6.45) is 1.43. The van der Waals surface area contributed by atoms with Crippen LogP contribution in [0.2, 0.25) is 0 Å². The van der Waals surface area contributed by atoms with E-state index >= 15 is 0 Å². The fourth-order valence-corrected chi connectivity index (χ4v) is 3.61. The molecule has 4 nitrogen and oxygen atoms in total. The molecule has 0 bridgehead atoms. The van der Waals surface area contributed by atoms with Crippen LogP contribution in [0.4, 0.5) is 0 Å². The standard InChI is InChI=1S/C18H12Br2N2O2/c19-9-14(23)12-6-7-13-15(8-12)24-18(11-4-2-1-3-5-11)22-16(20)10-21-17(13)22/h1-8,10,18H,9H2. The summed E-state index contributed by atoms with van der Waals surface area (Å²) in [5, 5.41) is 0.286. The van der Waals surface area contributed by atoms with Crippen LogP contribution < -0.4 is 4.74 Å². The summed E-state index contributed by atoms with van der Waals surface area (Å²) in [5.74, 6) is 1.50. The summed E-state index contributed by atoms with van der Waals surface area (Å²) in [5.41, 5.74) is 2.51. The maximum atomic E-state index is 12.0. The molecule has 0 N–H and O–H groups in total. The van der Waals surface area contributed by atoms with Gasteiger partial charge in [-0.25, -0.2) is 4.98 Å². The number of fused-ring (bicyclic) bond motifs is 3. The number of nitrogens with zero attached hydrogens (tertiary/aromatic N) is 2. The number of Topliss-reactive ketones (excluding diaryl/α,β-unsaturated/α-hetero) is 1. The Morgan fingerprint density at radius 3 is 2.75 bits per heavy atom. The van der Waals surface area contributed by atoms with Gasteiger partial charge in [-0.2, -0.15) is 0 Å². The predicted molar refractivity (Wildman–Crippen MR) is 98.7 cm³/mol. The van der Waals surface area contributed by atoms with Crippen LogP contribution >= 0.6 is 31.9 Å². The molecule has 1 atom stereocenters. The zero-order valence-electron chi connectivity index (χ0n) is 12.4. The number of rotatable bonds is 3. The summed E-state index contributed by atoms with van der Waals surface area (Å²) < 4.78 is 9.09. The van der Waals surface area contributed by atoms with Crippen LogP contribution in [0.3, 0.4) is 0 Å². The Morgan fingerprint density at radius 1 is 1.21 bits per heavy atom. The first kappa shape index (κ1) is 15.6. The molecule has 1 unspecified atom stereocenters. The first-order valence-corrected chi connectivity index (χ1v) is 9.28. The molecule has 120 valence electrons. The minimum Gasteiger partial charge on any atom is -0.465 e. The van der Waals surface area contributed by atoms with Gasteiger partial charge in [-0.15, -0.1) is 0 Å². The van der Waals surface area contributed by atoms with Crippen molar-refractivity contribution in [1.29, 1.82) is 0 Å². The number of ketones is 1. The summed E-state index contributed by atoms with van der Waals surface area (Å²) in [4.78, 5) is 16.5. The van der Waals surface area contributed by atoms with Gasteiger partial charge in [0.05, 0.1) is 17.1 Å². The third-order valence-electron chi connectivity index (χ3n) is 3.98. The van der Waals surface area contributed by atoms with Crippen molar-refractivity contribution in [3.8, 4) is 17.1 Å². The van der Waals surface area contributed by atoms with Gasteiger partial charge in [0, 0.05) is 11.1 Å². The summed E-state index contributed by atoms with van der Waals surface area (Å²) in [6, 6.07) is 15.4. The molecular formula is C18H12Br2N2O2. The number of hydrogen-bond acceptors (Lipinski definition) is 3. The first-order chi connectivity index (χ1) is 11.7. The molecule has 0 aliphatic carbocycles. The Balaban J connectivity index is 1.88. The molecule has 0 saturated heterocycles. The minimum absolute atomic E-state index is 0.0211. The van der Waals surface area contributed by atoms with Crippen LogP contribution in [0.1, 0.15) is 22.1 Å². The normalized spacial score (nSPS) is 15.3. The summed E-state index contributed by atoms with van der Waals surface area (Å²) in [6.45, 7) is 0. The lowest BCUT2D eigenvalue weighted by Gasteiger charge is -2.29. The van der Waals surface area contributed by atoms with Gasteiger partial charge in [0.15, 0.2) is 5.78 Å². The number of ether oxygens (including phenoxy) is 1. The smallest absolute Gasteiger partial charge is 0.204 e. The lowest BCUT2D eigenvalue weighted by atomic mass is 10.0. The van der Waals surface area contributed by atoms with Crippen molar-refractivity contribution in [2.75, 3.05) is 5.33 Å². The van der Waals surface area contributed by atoms with Crippen molar-refractivity contribution in [3.05, 3.63) is 70.5 Å². The van der Waals surface area contributed by atoms with E-state index in [4.69, 9.17) is 4.74 Å². The minimum atomic E-state index is -0.333. The van der Waals surface area contributed by atoms with Gasteiger partial charge >= 0.3 is 0 Å². The van der Waals surface area contributed by atoms with Crippen LogP contribution in [0.5, 0.6) is 5.75 Å². The van der Waals surface area contributed by atoms with E-state index in [1.54, 1.807) is 12.3 Å². The Bertz CT molecular complexity index is 922. The van der Waals surface area contributed by atoms with E-state index in [1.807, 2.05) is 47.0 Å². The van der Waals surface area contributed by atoms with Crippen molar-refractivity contribution >= 4 is 37.6 Å². The molecule has 24 heavy (non-hydrogen) atoms. The second-order valence-corrected chi connectivity index (χ2v) is 6.80. The van der Waals surface area contributed by atoms with Crippen molar-refractivity contribution in [2.24, 2.45) is 0 Å². The highest BCUT2D eigenvalue weighted by Gasteiger charge is 2.30. The molecule has 4 rings (SSSR count). The van der Waals surface area contributed by atoms with Gasteiger partial charge < -0.3 is 4.74 Å². The monoisotopic (exact) mass is 446 g/mol. The van der Waals surface area contributed by atoms with Crippen LogP contribution in [0, 0.1) is 0 Å². The molecule has 1 aliphatic heterocycles. The fraction of sp³-hybridized carbons (Fsp3) is 0.111. The third kappa shape index (κ3) is 2.50. The van der Waals surface area contributed by atoms with E-state index in [2.05, 4.69) is 36.8 Å². The Hall–Kier alpha value is -1.92. The van der Waals surface area contributed by atoms with Crippen molar-refractivity contribution < 1.29 is 9.53 Å². The van der Waals surface area contributed by atoms with Crippen molar-refractivity contribution in [3.63, 3.8) is 0 Å². The highest BCUT2D eigenvalue weighted by Crippen LogP contribution is 2.42. The van der Waals surface area contributed by atoms with E-state index in [0.717, 1.165) is 21.6 Å². The lowest BCUT2D eigenvalue weighted by Crippen LogP contribution is -2.23. The zero-order valence-corrected chi connectivity index (χ0v) is 15.6. The molecule has 1 aliphatic rings. The average molecular weight is 448 g/mol. The predicted octanol–water partition coefficient (Wildman–Crippen LogP) is 4.83. The topological polar surface area (TPSA) is 44.1 Å². The highest BCUT2D eigenvalue weighted by molar-refractivity contribution is 9.10. The van der Waals surface area contributed by atoms with Gasteiger partial charge in [0.2, 0.25) is 6.23 Å². The molecule has 0 saturated carbocycles. The van der Waals surface area contributed by atoms with Gasteiger partial charge in [-0.05, 0) is 28.1 Å². The fourth-order valence-electron chi connectivity index (χ4n) is 2.83. The van der Waals surface area contributed by atoms with Crippen LogP contribution in [-0.2, 0) is 0 Å². The second-order valence-electron chi connectivity index (χ2n) is 5.42. The van der Waals surface area contributed by atoms with Crippen molar-refractivity contribution in [1.82, 2.24) is 9.55 Å². The number of aromatic nitrogens is 2. The summed E-state index contributed by atoms with van der Waals surface area (Å²) in [7, 11) is 0. The van der Waals surface area contributed by atoms with Gasteiger partial charge in [0.25, 0.3) is 0 Å². The van der Waals surface area contributed by atoms with E-state index < -0.39 is 0 Å². The van der Waals surface area contributed by atoms with Gasteiger partial charge in [-0.3, -0.25) is 9.36 Å². The average Bonchev–Trinajstić information content (AvgIpc) is 3.02. The molecule has 2 heterocycles. The quantitative estimate of drug-likeness (QED) is 0.426. The van der Waals surface area contributed by atoms with Crippen LogP contribution in [0.15, 0.2) is 59.3 Å². The largest absolute Gasteiger partial charge is 0.465 e. The third-order valence-corrected chi connectivity index (χ3v) is 5.07. The lowest BCUT2D eigenvalue weighted by molar-refractivity contribution is 0.102. The Morgan fingerprint density at radius 2 is 2.00 bits per heavy atom. The Kier molecular flexibility index (Phi) is 4.02. The number of benzene rings is 2. The molecule has 6 heteroatoms. The molecule has 0 spiro atoms. The number of carbonyl (C=O) groups excluding carboxylic acids is 1. The van der Waals surface area contributed by atoms with E-state index in [0.29, 0.717) is 11.3 Å². The Labute approximate surface area is 155 Å². The van der Waals surface area contributed by atoms with Crippen LogP contribution in [-0.4, -0.2) is 20.7 Å². The molecular weight excluding hydrogens is 436 g/mol. The number of alkyl halides is 1. The van der Waals surface area contributed by atoms with Gasteiger partial charge in [-0.1, -0.05) is 52.3 Å². The zero-order chi connectivity index (χ0) is 16.7. The van der Waals surface area contributed by atoms with Crippen molar-refractivity contribution in [2.45, 2.75) is 6.23 Å². The maximum absolute atomic E-state index is 12.0. The molecule has 0 amide bonds. The second kappa shape index (κ2) is 6.18. The molecule has 3 aromatic rings. The number of halogens is 2. The molecule has 2 aromatic carbocycles. The SMILES string of the molecule is O=C(CBr)c1ccc2c(c1)OC(c1ccccc1)n1c(Br)cnc1-2.